The predicted octanol–water partition coefficient (Wildman–Crippen LogP) is 3.86. The van der Waals surface area contributed by atoms with E-state index < -0.39 is 30.8 Å². The fourth-order valence-corrected chi connectivity index (χ4v) is 3.02. The molecule has 1 fully saturated rings. The van der Waals surface area contributed by atoms with Crippen LogP contribution in [-0.2, 0) is 30.0 Å². The van der Waals surface area contributed by atoms with Gasteiger partial charge in [-0.2, -0.15) is 0 Å². The second kappa shape index (κ2) is 10.6. The normalized spacial score (nSPS) is 18.1. The highest BCUT2D eigenvalue weighted by atomic mass is 16.7. The highest BCUT2D eigenvalue weighted by molar-refractivity contribution is 6.51. The first-order valence-corrected chi connectivity index (χ1v) is 11.0. The molecule has 1 aromatic rings. The number of methoxy groups -OCH3 is 1. The maximum Gasteiger partial charge on any atom is 0.486 e. The van der Waals surface area contributed by atoms with Crippen molar-refractivity contribution in [3.63, 3.8) is 0 Å². The molecule has 1 aliphatic heterocycles. The minimum atomic E-state index is -0.862. The van der Waals surface area contributed by atoms with Crippen LogP contribution in [0, 0.1) is 0 Å². The van der Waals surface area contributed by atoms with E-state index in [0.29, 0.717) is 12.4 Å². The molecule has 0 saturated carbocycles. The van der Waals surface area contributed by atoms with Crippen LogP contribution in [0.2, 0.25) is 0 Å². The summed E-state index contributed by atoms with van der Waals surface area (Å²) < 4.78 is 27.6. The Hall–Kier alpha value is -2.52. The lowest BCUT2D eigenvalue weighted by atomic mass is 9.90. The van der Waals surface area contributed by atoms with Gasteiger partial charge >= 0.3 is 19.2 Å². The summed E-state index contributed by atoms with van der Waals surface area (Å²) in [5.74, 6) is 1.97. The summed E-state index contributed by atoms with van der Waals surface area (Å²) in [6.45, 7) is 13.6. The topological polar surface area (TPSA) is 92.3 Å². The summed E-state index contributed by atoms with van der Waals surface area (Å²) in [6.07, 6.45) is 1.44. The van der Waals surface area contributed by atoms with Crippen LogP contribution in [-0.4, -0.2) is 55.7 Å². The zero-order chi connectivity index (χ0) is 24.9. The van der Waals surface area contributed by atoms with E-state index in [2.05, 4.69) is 5.32 Å². The van der Waals surface area contributed by atoms with E-state index in [9.17, 15) is 9.59 Å². The molecule has 0 aromatic heterocycles. The van der Waals surface area contributed by atoms with Crippen molar-refractivity contribution in [2.45, 2.75) is 77.7 Å². The molecule has 2 rings (SSSR count). The van der Waals surface area contributed by atoms with Gasteiger partial charge < -0.3 is 28.8 Å². The van der Waals surface area contributed by atoms with Crippen LogP contribution in [0.3, 0.4) is 0 Å². The molecule has 1 aliphatic rings. The largest absolute Gasteiger partial charge is 0.490 e. The molecule has 9 heteroatoms. The quantitative estimate of drug-likeness (QED) is 0.464. The molecule has 0 spiro atoms. The summed E-state index contributed by atoms with van der Waals surface area (Å²) >= 11 is 0. The lowest BCUT2D eigenvalue weighted by Gasteiger charge is -2.32. The molecule has 0 bridgehead atoms. The molecule has 1 amide bonds. The van der Waals surface area contributed by atoms with Gasteiger partial charge in [-0.25, -0.2) is 9.59 Å². The highest BCUT2D eigenvalue weighted by Crippen LogP contribution is 2.36. The molecule has 1 unspecified atom stereocenters. The Morgan fingerprint density at radius 2 is 1.67 bits per heavy atom. The Bertz CT molecular complexity index is 827. The van der Waals surface area contributed by atoms with E-state index in [0.717, 1.165) is 5.56 Å². The SMILES string of the molecule is COC(=O)C(Cc1ccc(OC/C=C/B2OC(C)(C)C(C)(C)O2)cc1)NC(=O)OC(C)(C)C. The second-order valence-corrected chi connectivity index (χ2v) is 9.93. The van der Waals surface area contributed by atoms with Crippen molar-refractivity contribution in [3.8, 4) is 5.75 Å². The number of hydrogen-bond acceptors (Lipinski definition) is 7. The summed E-state index contributed by atoms with van der Waals surface area (Å²) in [6, 6.07) is 6.42. The third-order valence-corrected chi connectivity index (χ3v) is 5.45. The van der Waals surface area contributed by atoms with Crippen LogP contribution in [0.5, 0.6) is 5.75 Å². The molecule has 8 nitrogen and oxygen atoms in total. The number of amides is 1. The molecule has 182 valence electrons. The number of alkyl carbamates (subject to hydrolysis) is 1. The van der Waals surface area contributed by atoms with Gasteiger partial charge in [0, 0.05) is 6.42 Å². The number of carbonyl (C=O) groups is 2. The Kier molecular flexibility index (Phi) is 8.60. The summed E-state index contributed by atoms with van der Waals surface area (Å²) in [4.78, 5) is 24.2. The fraction of sp³-hybridized carbons (Fsp3) is 0.583. The minimum absolute atomic E-state index is 0.258. The van der Waals surface area contributed by atoms with E-state index in [1.54, 1.807) is 32.9 Å². The first-order valence-electron chi connectivity index (χ1n) is 11.0. The monoisotopic (exact) mass is 461 g/mol. The maximum absolute atomic E-state index is 12.1. The molecule has 1 heterocycles. The van der Waals surface area contributed by atoms with Gasteiger partial charge in [-0.15, -0.1) is 0 Å². The maximum atomic E-state index is 12.1. The number of hydrogen-bond donors (Lipinski definition) is 1. The second-order valence-electron chi connectivity index (χ2n) is 9.93. The fourth-order valence-electron chi connectivity index (χ4n) is 3.02. The van der Waals surface area contributed by atoms with E-state index >= 15 is 0 Å². The Labute approximate surface area is 197 Å². The summed E-state index contributed by atoms with van der Waals surface area (Å²) in [7, 11) is 0.869. The average Bonchev–Trinajstić information content (AvgIpc) is 2.90. The van der Waals surface area contributed by atoms with Crippen LogP contribution in [0.4, 0.5) is 4.79 Å². The number of carbonyl (C=O) groups excluding carboxylic acids is 2. The van der Waals surface area contributed by atoms with Crippen LogP contribution >= 0.6 is 0 Å². The number of rotatable bonds is 8. The molecule has 1 atom stereocenters. The van der Waals surface area contributed by atoms with Gasteiger partial charge in [-0.05, 0) is 66.2 Å². The van der Waals surface area contributed by atoms with Crippen molar-refractivity contribution in [1.29, 1.82) is 0 Å². The van der Waals surface area contributed by atoms with Crippen LogP contribution in [0.25, 0.3) is 0 Å². The first kappa shape index (κ1) is 26.7. The number of benzene rings is 1. The van der Waals surface area contributed by atoms with E-state index in [1.807, 2.05) is 51.9 Å². The molecule has 0 aliphatic carbocycles. The van der Waals surface area contributed by atoms with Gasteiger partial charge in [0.05, 0.1) is 18.3 Å². The van der Waals surface area contributed by atoms with Crippen molar-refractivity contribution in [2.75, 3.05) is 13.7 Å². The molecular formula is C24H36BNO7. The smallest absolute Gasteiger partial charge is 0.486 e. The van der Waals surface area contributed by atoms with Gasteiger partial charge in [-0.1, -0.05) is 24.2 Å². The molecule has 1 N–H and O–H groups in total. The van der Waals surface area contributed by atoms with Crippen LogP contribution in [0.1, 0.15) is 54.0 Å². The number of nitrogens with one attached hydrogen (secondary N) is 1. The summed E-state index contributed by atoms with van der Waals surface area (Å²) in [5, 5.41) is 2.57. The van der Waals surface area contributed by atoms with Crippen molar-refractivity contribution in [1.82, 2.24) is 5.32 Å². The minimum Gasteiger partial charge on any atom is -0.490 e. The number of esters is 1. The third-order valence-electron chi connectivity index (χ3n) is 5.45. The lowest BCUT2D eigenvalue weighted by molar-refractivity contribution is -0.143. The van der Waals surface area contributed by atoms with Crippen molar-refractivity contribution >= 4 is 19.2 Å². The van der Waals surface area contributed by atoms with Crippen LogP contribution in [0.15, 0.2) is 36.3 Å². The van der Waals surface area contributed by atoms with Crippen LogP contribution < -0.4 is 10.1 Å². The average molecular weight is 461 g/mol. The van der Waals surface area contributed by atoms with E-state index in [-0.39, 0.29) is 17.6 Å². The van der Waals surface area contributed by atoms with Gasteiger partial charge in [0.25, 0.3) is 0 Å². The predicted molar refractivity (Wildman–Crippen MR) is 126 cm³/mol. The Morgan fingerprint density at radius 1 is 1.09 bits per heavy atom. The molecule has 1 aromatic carbocycles. The summed E-state index contributed by atoms with van der Waals surface area (Å²) in [5.41, 5.74) is -0.583. The lowest BCUT2D eigenvalue weighted by Crippen LogP contribution is -2.45. The van der Waals surface area contributed by atoms with Crippen molar-refractivity contribution in [3.05, 3.63) is 41.9 Å². The molecule has 33 heavy (non-hydrogen) atoms. The zero-order valence-corrected chi connectivity index (χ0v) is 20.9. The highest BCUT2D eigenvalue weighted by Gasteiger charge is 2.49. The van der Waals surface area contributed by atoms with Gasteiger partial charge in [-0.3, -0.25) is 0 Å². The Morgan fingerprint density at radius 3 is 2.18 bits per heavy atom. The molecular weight excluding hydrogens is 425 g/mol. The first-order chi connectivity index (χ1) is 15.2. The van der Waals surface area contributed by atoms with Gasteiger partial charge in [0.15, 0.2) is 0 Å². The Balaban J connectivity index is 1.88. The van der Waals surface area contributed by atoms with E-state index in [4.69, 9.17) is 23.5 Å². The van der Waals surface area contributed by atoms with Gasteiger partial charge in [0.2, 0.25) is 0 Å². The third kappa shape index (κ3) is 8.09. The van der Waals surface area contributed by atoms with Crippen molar-refractivity contribution < 1.29 is 33.1 Å². The molecule has 1 saturated heterocycles. The van der Waals surface area contributed by atoms with E-state index in [1.165, 1.54) is 7.11 Å². The van der Waals surface area contributed by atoms with Gasteiger partial charge in [0.1, 0.15) is 24.0 Å². The molecule has 0 radical (unpaired) electrons. The van der Waals surface area contributed by atoms with Crippen molar-refractivity contribution in [2.24, 2.45) is 0 Å². The standard InChI is InChI=1S/C24H36BNO7/c1-22(2,3)31-21(28)26-19(20(27)29-8)16-17-10-12-18(13-11-17)30-15-9-14-25-32-23(4,5)24(6,7)33-25/h9-14,19H,15-16H2,1-8H3,(H,26,28)/b14-9+. The number of ether oxygens (including phenoxy) is 3. The zero-order valence-electron chi connectivity index (χ0n) is 20.9.